The van der Waals surface area contributed by atoms with Crippen LogP contribution < -0.4 is 0 Å². The number of aryl methyl sites for hydroxylation is 2. The fourth-order valence-electron chi connectivity index (χ4n) is 3.80. The van der Waals surface area contributed by atoms with Gasteiger partial charge in [-0.3, -0.25) is 0 Å². The third-order valence-corrected chi connectivity index (χ3v) is 5.45. The Morgan fingerprint density at radius 3 is 2.32 bits per heavy atom. The van der Waals surface area contributed by atoms with Crippen LogP contribution >= 0.6 is 0 Å². The van der Waals surface area contributed by atoms with Gasteiger partial charge in [-0.25, -0.2) is 4.39 Å². The van der Waals surface area contributed by atoms with Crippen molar-refractivity contribution in [2.75, 3.05) is 7.11 Å². The zero-order valence-electron chi connectivity index (χ0n) is 18.0. The molecule has 0 spiro atoms. The van der Waals surface area contributed by atoms with Crippen molar-refractivity contribution in [2.45, 2.75) is 33.3 Å². The zero-order valence-corrected chi connectivity index (χ0v) is 18.0. The number of nitrogens with zero attached hydrogens (tertiary/aromatic N) is 2. The van der Waals surface area contributed by atoms with E-state index in [0.29, 0.717) is 30.3 Å². The minimum Gasteiger partial charge on any atom is -0.380 e. The lowest BCUT2D eigenvalue weighted by Crippen LogP contribution is -1.96. The molecule has 4 aromatic rings. The fraction of sp³-hybridized carbons (Fsp3) is 0.231. The first-order valence-electron chi connectivity index (χ1n) is 10.5. The number of hydrogen-bond acceptors (Lipinski definition) is 4. The first kappa shape index (κ1) is 20.9. The third-order valence-electron chi connectivity index (χ3n) is 5.45. The van der Waals surface area contributed by atoms with E-state index in [2.05, 4.69) is 47.4 Å². The molecule has 31 heavy (non-hydrogen) atoms. The summed E-state index contributed by atoms with van der Waals surface area (Å²) in [5.74, 6) is 0.644. The van der Waals surface area contributed by atoms with Crippen molar-refractivity contribution in [1.29, 1.82) is 0 Å². The molecule has 0 saturated heterocycles. The van der Waals surface area contributed by atoms with Crippen LogP contribution in [0.4, 0.5) is 4.39 Å². The summed E-state index contributed by atoms with van der Waals surface area (Å²) in [6.07, 6.45) is 1.56. The van der Waals surface area contributed by atoms with Crippen LogP contribution in [0.2, 0.25) is 0 Å². The molecule has 1 heterocycles. The molecule has 0 aliphatic heterocycles. The number of hydrogen-bond donors (Lipinski definition) is 0. The van der Waals surface area contributed by atoms with Gasteiger partial charge in [0.15, 0.2) is 0 Å². The van der Waals surface area contributed by atoms with Crippen LogP contribution in [0.15, 0.2) is 65.2 Å². The monoisotopic (exact) mass is 416 g/mol. The van der Waals surface area contributed by atoms with Gasteiger partial charge in [-0.2, -0.15) is 4.98 Å². The van der Waals surface area contributed by atoms with Gasteiger partial charge in [-0.05, 0) is 71.0 Å². The lowest BCUT2D eigenvalue weighted by Gasteiger charge is -2.13. The summed E-state index contributed by atoms with van der Waals surface area (Å²) in [4.78, 5) is 4.55. The van der Waals surface area contributed by atoms with Gasteiger partial charge in [0, 0.05) is 18.2 Å². The van der Waals surface area contributed by atoms with Gasteiger partial charge < -0.3 is 9.26 Å². The maximum atomic E-state index is 13.8. The van der Waals surface area contributed by atoms with Gasteiger partial charge in [0.1, 0.15) is 5.82 Å². The molecule has 4 nitrogen and oxygen atoms in total. The molecule has 0 fully saturated rings. The molecular weight excluding hydrogens is 391 g/mol. The van der Waals surface area contributed by atoms with Crippen LogP contribution in [0.1, 0.15) is 30.5 Å². The highest BCUT2D eigenvalue weighted by molar-refractivity contribution is 5.74. The van der Waals surface area contributed by atoms with Crippen molar-refractivity contribution in [3.8, 4) is 34.0 Å². The number of methoxy groups -OCH3 is 1. The minimum absolute atomic E-state index is 0.220. The Bertz CT molecular complexity index is 1200. The molecule has 0 aliphatic rings. The molecule has 158 valence electrons. The number of rotatable bonds is 7. The van der Waals surface area contributed by atoms with Gasteiger partial charge >= 0.3 is 0 Å². The van der Waals surface area contributed by atoms with Crippen molar-refractivity contribution in [3.05, 3.63) is 83.2 Å². The topological polar surface area (TPSA) is 48.2 Å². The van der Waals surface area contributed by atoms with E-state index in [-0.39, 0.29) is 5.82 Å². The summed E-state index contributed by atoms with van der Waals surface area (Å²) in [6, 6.07) is 19.4. The standard InChI is InChI=1S/C26H25FN2O2/c1-4-17-8-6-7-9-22(17)23-12-10-20(15-21(23)16-30-3)26-28-25(29-31-26)19-11-13-24(27)18(5-2)14-19/h6-15H,4-5,16H2,1-3H3. The quantitative estimate of drug-likeness (QED) is 0.346. The van der Waals surface area contributed by atoms with E-state index >= 15 is 0 Å². The van der Waals surface area contributed by atoms with Gasteiger partial charge in [-0.1, -0.05) is 49.3 Å². The SMILES string of the molecule is CCc1cc(-c2noc(-c3ccc(-c4ccccc4CC)c(COC)c3)n2)ccc1F. The predicted octanol–water partition coefficient (Wildman–Crippen LogP) is 6.48. The number of halogens is 1. The van der Waals surface area contributed by atoms with Gasteiger partial charge in [0.05, 0.1) is 6.61 Å². The van der Waals surface area contributed by atoms with Crippen LogP contribution in [0, 0.1) is 5.82 Å². The van der Waals surface area contributed by atoms with Crippen molar-refractivity contribution in [2.24, 2.45) is 0 Å². The lowest BCUT2D eigenvalue weighted by atomic mass is 9.93. The Hall–Kier alpha value is -3.31. The Morgan fingerprint density at radius 2 is 1.55 bits per heavy atom. The summed E-state index contributed by atoms with van der Waals surface area (Å²) in [5, 5.41) is 4.11. The average Bonchev–Trinajstić information content (AvgIpc) is 3.30. The molecule has 0 N–H and O–H groups in total. The molecule has 5 heteroatoms. The van der Waals surface area contributed by atoms with E-state index in [9.17, 15) is 4.39 Å². The highest BCUT2D eigenvalue weighted by atomic mass is 19.1. The first-order chi connectivity index (χ1) is 15.1. The smallest absolute Gasteiger partial charge is 0.258 e. The molecular formula is C26H25FN2O2. The second-order valence-electron chi connectivity index (χ2n) is 7.40. The Labute approximate surface area is 181 Å². The number of ether oxygens (including phenoxy) is 1. The molecule has 4 rings (SSSR count). The number of benzene rings is 3. The first-order valence-corrected chi connectivity index (χ1v) is 10.5. The second-order valence-corrected chi connectivity index (χ2v) is 7.40. The van der Waals surface area contributed by atoms with E-state index in [1.54, 1.807) is 19.2 Å². The normalized spacial score (nSPS) is 11.1. The lowest BCUT2D eigenvalue weighted by molar-refractivity contribution is 0.185. The molecule has 1 aromatic heterocycles. The van der Waals surface area contributed by atoms with Crippen molar-refractivity contribution in [3.63, 3.8) is 0 Å². The molecule has 0 amide bonds. The summed E-state index contributed by atoms with van der Waals surface area (Å²) < 4.78 is 24.8. The zero-order chi connectivity index (χ0) is 21.8. The van der Waals surface area contributed by atoms with E-state index < -0.39 is 0 Å². The maximum Gasteiger partial charge on any atom is 0.258 e. The van der Waals surface area contributed by atoms with Crippen LogP contribution in [-0.2, 0) is 24.2 Å². The summed E-state index contributed by atoms with van der Waals surface area (Å²) in [5.41, 5.74) is 6.86. The van der Waals surface area contributed by atoms with Crippen LogP contribution in [0.5, 0.6) is 0 Å². The second kappa shape index (κ2) is 9.23. The van der Waals surface area contributed by atoms with Gasteiger partial charge in [-0.15, -0.1) is 0 Å². The Morgan fingerprint density at radius 1 is 0.839 bits per heavy atom. The minimum atomic E-state index is -0.220. The summed E-state index contributed by atoms with van der Waals surface area (Å²) >= 11 is 0. The summed E-state index contributed by atoms with van der Waals surface area (Å²) in [6.45, 7) is 4.54. The molecule has 0 aliphatic carbocycles. The fourth-order valence-corrected chi connectivity index (χ4v) is 3.80. The van der Waals surface area contributed by atoms with Gasteiger partial charge in [0.2, 0.25) is 5.82 Å². The van der Waals surface area contributed by atoms with E-state index in [0.717, 1.165) is 28.7 Å². The molecule has 0 radical (unpaired) electrons. The predicted molar refractivity (Wildman–Crippen MR) is 120 cm³/mol. The van der Waals surface area contributed by atoms with E-state index in [1.807, 2.05) is 19.1 Å². The van der Waals surface area contributed by atoms with Crippen molar-refractivity contribution >= 4 is 0 Å². The molecule has 0 atom stereocenters. The Kier molecular flexibility index (Phi) is 6.23. The molecule has 3 aromatic carbocycles. The van der Waals surface area contributed by atoms with E-state index in [4.69, 9.17) is 9.26 Å². The summed E-state index contributed by atoms with van der Waals surface area (Å²) in [7, 11) is 1.69. The third kappa shape index (κ3) is 4.28. The maximum absolute atomic E-state index is 13.8. The van der Waals surface area contributed by atoms with E-state index in [1.165, 1.54) is 17.2 Å². The van der Waals surface area contributed by atoms with Crippen LogP contribution in [0.25, 0.3) is 34.0 Å². The van der Waals surface area contributed by atoms with Gasteiger partial charge in [0.25, 0.3) is 5.89 Å². The largest absolute Gasteiger partial charge is 0.380 e. The Balaban J connectivity index is 1.72. The highest BCUT2D eigenvalue weighted by Gasteiger charge is 2.15. The van der Waals surface area contributed by atoms with Crippen LogP contribution in [-0.4, -0.2) is 17.3 Å². The average molecular weight is 416 g/mol. The number of aromatic nitrogens is 2. The van der Waals surface area contributed by atoms with Crippen molar-refractivity contribution < 1.29 is 13.7 Å². The highest BCUT2D eigenvalue weighted by Crippen LogP contribution is 2.32. The molecule has 0 saturated carbocycles. The molecule has 0 bridgehead atoms. The van der Waals surface area contributed by atoms with Crippen LogP contribution in [0.3, 0.4) is 0 Å². The molecule has 0 unspecified atom stereocenters. The van der Waals surface area contributed by atoms with Crippen molar-refractivity contribution in [1.82, 2.24) is 10.1 Å².